The van der Waals surface area contributed by atoms with Crippen LogP contribution in [-0.2, 0) is 9.59 Å². The zero-order valence-electron chi connectivity index (χ0n) is 7.74. The largest absolute Gasteiger partial charge is 0.336 e. The number of aldehydes is 1. The summed E-state index contributed by atoms with van der Waals surface area (Å²) in [5, 5.41) is 0. The maximum atomic E-state index is 10.9. The van der Waals surface area contributed by atoms with Gasteiger partial charge in [0, 0.05) is 14.0 Å². The Morgan fingerprint density at radius 3 is 2.58 bits per heavy atom. The molecule has 3 nitrogen and oxygen atoms in total. The van der Waals surface area contributed by atoms with Crippen LogP contribution in [0.25, 0.3) is 0 Å². The van der Waals surface area contributed by atoms with E-state index < -0.39 is 0 Å². The molecule has 0 aromatic rings. The topological polar surface area (TPSA) is 37.4 Å². The predicted octanol–water partition coefficient (Wildman–Crippen LogP) is 0.785. The van der Waals surface area contributed by atoms with Gasteiger partial charge in [-0.2, -0.15) is 11.8 Å². The summed E-state index contributed by atoms with van der Waals surface area (Å²) in [5.41, 5.74) is 0. The van der Waals surface area contributed by atoms with E-state index in [9.17, 15) is 9.59 Å². The highest BCUT2D eigenvalue weighted by atomic mass is 32.2. The molecule has 12 heavy (non-hydrogen) atoms. The zero-order chi connectivity index (χ0) is 9.56. The second-order valence-corrected chi connectivity index (χ2v) is 3.60. The van der Waals surface area contributed by atoms with Gasteiger partial charge in [0.1, 0.15) is 6.29 Å². The Balaban J connectivity index is 3.95. The maximum absolute atomic E-state index is 10.9. The van der Waals surface area contributed by atoms with Crippen molar-refractivity contribution in [2.24, 2.45) is 0 Å². The summed E-state index contributed by atoms with van der Waals surface area (Å²) in [6.07, 6.45) is 3.55. The molecular formula is C8H15NO2S. The minimum Gasteiger partial charge on any atom is -0.336 e. The molecule has 0 rings (SSSR count). The summed E-state index contributed by atoms with van der Waals surface area (Å²) >= 11 is 1.68. The lowest BCUT2D eigenvalue weighted by molar-refractivity contribution is -0.132. The average Bonchev–Trinajstić information content (AvgIpc) is 2.05. The number of amides is 1. The minimum absolute atomic E-state index is 0.0618. The van der Waals surface area contributed by atoms with Gasteiger partial charge in [0.05, 0.1) is 6.04 Å². The van der Waals surface area contributed by atoms with Crippen LogP contribution in [0.4, 0.5) is 0 Å². The first-order valence-electron chi connectivity index (χ1n) is 3.81. The Morgan fingerprint density at radius 2 is 2.25 bits per heavy atom. The standard InChI is InChI=1S/C8H15NO2S/c1-7(11)9(2)8(6-10)4-5-12-3/h6,8H,4-5H2,1-3H3/t8-/m0/s1. The van der Waals surface area contributed by atoms with Crippen LogP contribution in [0.5, 0.6) is 0 Å². The summed E-state index contributed by atoms with van der Waals surface area (Å²) in [7, 11) is 1.65. The molecule has 0 aromatic heterocycles. The minimum atomic E-state index is -0.255. The molecule has 4 heteroatoms. The fraction of sp³-hybridized carbons (Fsp3) is 0.750. The Hall–Kier alpha value is -0.510. The number of thioether (sulfide) groups is 1. The highest BCUT2D eigenvalue weighted by Gasteiger charge is 2.14. The summed E-state index contributed by atoms with van der Waals surface area (Å²) in [5.74, 6) is 0.842. The predicted molar refractivity (Wildman–Crippen MR) is 51.3 cm³/mol. The zero-order valence-corrected chi connectivity index (χ0v) is 8.56. The molecule has 1 amide bonds. The maximum Gasteiger partial charge on any atom is 0.219 e. The van der Waals surface area contributed by atoms with Crippen LogP contribution in [0, 0.1) is 0 Å². The van der Waals surface area contributed by atoms with Crippen molar-refractivity contribution in [1.82, 2.24) is 4.90 Å². The van der Waals surface area contributed by atoms with Gasteiger partial charge in [-0.05, 0) is 18.4 Å². The molecule has 0 unspecified atom stereocenters. The van der Waals surface area contributed by atoms with Crippen molar-refractivity contribution >= 4 is 24.0 Å². The smallest absolute Gasteiger partial charge is 0.219 e. The molecule has 0 saturated carbocycles. The van der Waals surface area contributed by atoms with Crippen molar-refractivity contribution in [3.63, 3.8) is 0 Å². The number of hydrogen-bond acceptors (Lipinski definition) is 3. The van der Waals surface area contributed by atoms with E-state index in [0.717, 1.165) is 18.5 Å². The van der Waals surface area contributed by atoms with Gasteiger partial charge in [-0.1, -0.05) is 0 Å². The third-order valence-corrected chi connectivity index (χ3v) is 2.41. The fourth-order valence-corrected chi connectivity index (χ4v) is 1.30. The molecule has 70 valence electrons. The van der Waals surface area contributed by atoms with Gasteiger partial charge in [-0.15, -0.1) is 0 Å². The number of hydrogen-bond donors (Lipinski definition) is 0. The molecule has 0 aliphatic rings. The van der Waals surface area contributed by atoms with Crippen molar-refractivity contribution in [3.05, 3.63) is 0 Å². The monoisotopic (exact) mass is 189 g/mol. The molecule has 0 spiro atoms. The molecule has 0 heterocycles. The number of rotatable bonds is 5. The first-order valence-corrected chi connectivity index (χ1v) is 5.20. The second kappa shape index (κ2) is 6.06. The van der Waals surface area contributed by atoms with Gasteiger partial charge in [-0.3, -0.25) is 4.79 Å². The van der Waals surface area contributed by atoms with Crippen molar-refractivity contribution in [2.75, 3.05) is 19.1 Å². The van der Waals surface area contributed by atoms with Crippen LogP contribution in [0.3, 0.4) is 0 Å². The highest BCUT2D eigenvalue weighted by molar-refractivity contribution is 7.98. The lowest BCUT2D eigenvalue weighted by Crippen LogP contribution is -2.36. The average molecular weight is 189 g/mol. The van der Waals surface area contributed by atoms with Crippen LogP contribution < -0.4 is 0 Å². The van der Waals surface area contributed by atoms with E-state index in [1.807, 2.05) is 6.26 Å². The molecule has 0 fully saturated rings. The molecule has 0 bridgehead atoms. The van der Waals surface area contributed by atoms with Crippen molar-refractivity contribution in [1.29, 1.82) is 0 Å². The Bertz CT molecular complexity index is 161. The van der Waals surface area contributed by atoms with E-state index in [1.54, 1.807) is 18.8 Å². The summed E-state index contributed by atoms with van der Waals surface area (Å²) in [6, 6.07) is -0.255. The first-order chi connectivity index (χ1) is 5.63. The van der Waals surface area contributed by atoms with E-state index in [0.29, 0.717) is 0 Å². The third-order valence-electron chi connectivity index (χ3n) is 1.77. The molecule has 0 saturated heterocycles. The molecule has 0 radical (unpaired) electrons. The Labute approximate surface area is 77.5 Å². The summed E-state index contributed by atoms with van der Waals surface area (Å²) < 4.78 is 0. The van der Waals surface area contributed by atoms with E-state index in [-0.39, 0.29) is 11.9 Å². The van der Waals surface area contributed by atoms with Crippen molar-refractivity contribution in [3.8, 4) is 0 Å². The van der Waals surface area contributed by atoms with Gasteiger partial charge >= 0.3 is 0 Å². The van der Waals surface area contributed by atoms with E-state index in [4.69, 9.17) is 0 Å². The van der Waals surface area contributed by atoms with E-state index in [2.05, 4.69) is 0 Å². The van der Waals surface area contributed by atoms with Crippen LogP contribution in [0.2, 0.25) is 0 Å². The second-order valence-electron chi connectivity index (χ2n) is 2.61. The quantitative estimate of drug-likeness (QED) is 0.600. The van der Waals surface area contributed by atoms with Crippen LogP contribution >= 0.6 is 11.8 Å². The molecule has 1 atom stereocenters. The van der Waals surface area contributed by atoms with Crippen molar-refractivity contribution in [2.45, 2.75) is 19.4 Å². The lowest BCUT2D eigenvalue weighted by Gasteiger charge is -2.21. The third kappa shape index (κ3) is 3.76. The van der Waals surface area contributed by atoms with Crippen LogP contribution in [-0.4, -0.2) is 42.2 Å². The summed E-state index contributed by atoms with van der Waals surface area (Å²) in [4.78, 5) is 22.9. The van der Waals surface area contributed by atoms with Crippen LogP contribution in [0.1, 0.15) is 13.3 Å². The normalized spacial score (nSPS) is 12.2. The van der Waals surface area contributed by atoms with Crippen molar-refractivity contribution < 1.29 is 9.59 Å². The van der Waals surface area contributed by atoms with Gasteiger partial charge in [0.2, 0.25) is 5.91 Å². The lowest BCUT2D eigenvalue weighted by atomic mass is 10.2. The van der Waals surface area contributed by atoms with Crippen LogP contribution in [0.15, 0.2) is 0 Å². The number of carbonyl (C=O) groups is 2. The van der Waals surface area contributed by atoms with Gasteiger partial charge in [0.15, 0.2) is 0 Å². The van der Waals surface area contributed by atoms with Gasteiger partial charge in [-0.25, -0.2) is 0 Å². The summed E-state index contributed by atoms with van der Waals surface area (Å²) in [6.45, 7) is 1.47. The Morgan fingerprint density at radius 1 is 1.67 bits per heavy atom. The number of carbonyl (C=O) groups excluding carboxylic acids is 2. The molecule has 0 aliphatic heterocycles. The number of likely N-dealkylation sites (N-methyl/N-ethyl adjacent to an activating group) is 1. The van der Waals surface area contributed by atoms with Gasteiger partial charge in [0.25, 0.3) is 0 Å². The first kappa shape index (κ1) is 11.5. The SMILES string of the molecule is CSCC[C@@H](C=O)N(C)C(C)=O. The van der Waals surface area contributed by atoms with E-state index >= 15 is 0 Å². The molecular weight excluding hydrogens is 174 g/mol. The molecule has 0 N–H and O–H groups in total. The molecule has 0 aromatic carbocycles. The molecule has 0 aliphatic carbocycles. The number of nitrogens with zero attached hydrogens (tertiary/aromatic N) is 1. The van der Waals surface area contributed by atoms with Gasteiger partial charge < -0.3 is 9.69 Å². The van der Waals surface area contributed by atoms with E-state index in [1.165, 1.54) is 11.8 Å². The Kier molecular flexibility index (Phi) is 5.80. The fourth-order valence-electron chi connectivity index (χ4n) is 0.825. The highest BCUT2D eigenvalue weighted by Crippen LogP contribution is 2.04.